The Hall–Kier alpha value is -2.16. The molecule has 3 nitrogen and oxygen atoms in total. The Morgan fingerprint density at radius 1 is 0.952 bits per heavy atom. The molecule has 0 bridgehead atoms. The van der Waals surface area contributed by atoms with Crippen LogP contribution in [0.1, 0.15) is 39.2 Å². The maximum absolute atomic E-state index is 6.47. The molecule has 1 aliphatic heterocycles. The van der Waals surface area contributed by atoms with Gasteiger partial charge >= 0.3 is 0 Å². The largest absolute Gasteiger partial charge is 0.453 e. The maximum Gasteiger partial charge on any atom is 0.153 e. The molecular weight excluding hydrogens is 260 g/mol. The number of nitrogen functional groups attached to an aromatic ring is 1. The Labute approximate surface area is 126 Å². The zero-order chi connectivity index (χ0) is 15.1. The topological polar surface area (TPSA) is 38.5 Å². The lowest BCUT2D eigenvalue weighted by Gasteiger charge is -2.37. The number of hydrogen-bond donors (Lipinski definition) is 1. The van der Waals surface area contributed by atoms with Crippen LogP contribution < -0.4 is 15.4 Å². The fourth-order valence-electron chi connectivity index (χ4n) is 2.96. The van der Waals surface area contributed by atoms with Gasteiger partial charge in [-0.3, -0.25) is 0 Å². The fourth-order valence-corrected chi connectivity index (χ4v) is 2.96. The van der Waals surface area contributed by atoms with Gasteiger partial charge < -0.3 is 15.4 Å². The molecule has 2 aromatic carbocycles. The van der Waals surface area contributed by atoms with Crippen LogP contribution >= 0.6 is 0 Å². The van der Waals surface area contributed by atoms with Gasteiger partial charge in [0.25, 0.3) is 0 Å². The molecule has 1 heterocycles. The third-order valence-electron chi connectivity index (χ3n) is 3.94. The molecule has 0 aliphatic carbocycles. The Morgan fingerprint density at radius 2 is 1.67 bits per heavy atom. The third kappa shape index (κ3) is 2.13. The predicted octanol–water partition coefficient (Wildman–Crippen LogP) is 5.04. The number of anilines is 3. The fraction of sp³-hybridized carbons (Fsp3) is 0.333. The van der Waals surface area contributed by atoms with Crippen molar-refractivity contribution in [2.45, 2.75) is 39.7 Å². The van der Waals surface area contributed by atoms with E-state index in [4.69, 9.17) is 10.5 Å². The average Bonchev–Trinajstić information content (AvgIpc) is 2.44. The van der Waals surface area contributed by atoms with Gasteiger partial charge in [0.15, 0.2) is 11.5 Å². The number of para-hydroxylation sites is 2. The number of ether oxygens (including phenoxy) is 1. The van der Waals surface area contributed by atoms with Gasteiger partial charge in [0.05, 0.1) is 11.4 Å². The van der Waals surface area contributed by atoms with Gasteiger partial charge in [-0.1, -0.05) is 32.0 Å². The number of nitrogens with zero attached hydrogens (tertiary/aromatic N) is 1. The monoisotopic (exact) mass is 282 g/mol. The van der Waals surface area contributed by atoms with Crippen LogP contribution in [0, 0.1) is 0 Å². The number of fused-ring (bicyclic) bond motifs is 2. The molecule has 0 atom stereocenters. The Morgan fingerprint density at radius 3 is 2.33 bits per heavy atom. The molecule has 0 aromatic heterocycles. The molecule has 0 amide bonds. The molecule has 21 heavy (non-hydrogen) atoms. The highest BCUT2D eigenvalue weighted by molar-refractivity contribution is 5.87. The lowest BCUT2D eigenvalue weighted by molar-refractivity contribution is 0.469. The summed E-state index contributed by atoms with van der Waals surface area (Å²) in [7, 11) is 0. The number of nitrogens with two attached hydrogens (primary N) is 1. The van der Waals surface area contributed by atoms with Crippen molar-refractivity contribution < 1.29 is 4.74 Å². The lowest BCUT2D eigenvalue weighted by atomic mass is 9.98. The highest BCUT2D eigenvalue weighted by atomic mass is 16.5. The highest BCUT2D eigenvalue weighted by Gasteiger charge is 2.29. The Kier molecular flexibility index (Phi) is 3.28. The van der Waals surface area contributed by atoms with Crippen molar-refractivity contribution >= 4 is 17.1 Å². The molecule has 1 aliphatic rings. The van der Waals surface area contributed by atoms with E-state index in [0.29, 0.717) is 12.0 Å². The van der Waals surface area contributed by atoms with Gasteiger partial charge in [-0.05, 0) is 43.5 Å². The van der Waals surface area contributed by atoms with Crippen molar-refractivity contribution in [2.24, 2.45) is 0 Å². The molecule has 110 valence electrons. The van der Waals surface area contributed by atoms with E-state index in [-0.39, 0.29) is 0 Å². The molecule has 0 saturated heterocycles. The van der Waals surface area contributed by atoms with Crippen LogP contribution in [0.3, 0.4) is 0 Å². The Balaban J connectivity index is 2.24. The predicted molar refractivity (Wildman–Crippen MR) is 88.7 cm³/mol. The quantitative estimate of drug-likeness (QED) is 0.784. The number of benzene rings is 2. The maximum atomic E-state index is 6.47. The second-order valence-corrected chi connectivity index (χ2v) is 6.10. The van der Waals surface area contributed by atoms with Crippen molar-refractivity contribution in [1.29, 1.82) is 0 Å². The van der Waals surface area contributed by atoms with E-state index in [2.05, 4.69) is 44.7 Å². The highest BCUT2D eigenvalue weighted by Crippen LogP contribution is 2.51. The molecule has 3 heteroatoms. The average molecular weight is 282 g/mol. The summed E-state index contributed by atoms with van der Waals surface area (Å²) in [5.41, 5.74) is 10.5. The van der Waals surface area contributed by atoms with Crippen LogP contribution in [0.15, 0.2) is 36.4 Å². The summed E-state index contributed by atoms with van der Waals surface area (Å²) in [5, 5.41) is 0. The van der Waals surface area contributed by atoms with E-state index >= 15 is 0 Å². The summed E-state index contributed by atoms with van der Waals surface area (Å²) in [6.45, 7) is 8.67. The first kappa shape index (κ1) is 13.8. The number of hydrogen-bond acceptors (Lipinski definition) is 3. The zero-order valence-electron chi connectivity index (χ0n) is 13.1. The van der Waals surface area contributed by atoms with Gasteiger partial charge in [-0.25, -0.2) is 0 Å². The number of rotatable bonds is 2. The van der Waals surface area contributed by atoms with Crippen molar-refractivity contribution in [3.8, 4) is 11.5 Å². The van der Waals surface area contributed by atoms with Crippen LogP contribution in [0.25, 0.3) is 0 Å². The van der Waals surface area contributed by atoms with Gasteiger partial charge in [0.2, 0.25) is 0 Å². The minimum Gasteiger partial charge on any atom is -0.453 e. The van der Waals surface area contributed by atoms with Crippen LogP contribution in [0.4, 0.5) is 17.1 Å². The van der Waals surface area contributed by atoms with Gasteiger partial charge in [-0.2, -0.15) is 0 Å². The van der Waals surface area contributed by atoms with Crippen LogP contribution in [-0.4, -0.2) is 6.04 Å². The van der Waals surface area contributed by atoms with Crippen LogP contribution in [-0.2, 0) is 0 Å². The molecule has 0 saturated carbocycles. The Bertz CT molecular complexity index is 677. The van der Waals surface area contributed by atoms with Crippen molar-refractivity contribution in [1.82, 2.24) is 0 Å². The zero-order valence-corrected chi connectivity index (χ0v) is 13.1. The van der Waals surface area contributed by atoms with Gasteiger partial charge in [-0.15, -0.1) is 0 Å². The minimum absolute atomic E-state index is 0.304. The summed E-state index contributed by atoms with van der Waals surface area (Å²) in [4.78, 5) is 2.27. The second-order valence-electron chi connectivity index (χ2n) is 6.10. The van der Waals surface area contributed by atoms with E-state index in [9.17, 15) is 0 Å². The standard InChI is InChI=1S/C18H22N2O/c1-11(2)13-9-10-16-18(17(13)19)20(12(3)4)14-7-5-6-8-15(14)21-16/h5-12H,19H2,1-4H3. The first-order valence-electron chi connectivity index (χ1n) is 7.49. The van der Waals surface area contributed by atoms with Gasteiger partial charge in [0.1, 0.15) is 5.69 Å². The van der Waals surface area contributed by atoms with Gasteiger partial charge in [0, 0.05) is 6.04 Å². The van der Waals surface area contributed by atoms with E-state index in [0.717, 1.165) is 28.6 Å². The molecule has 0 fully saturated rings. The molecule has 3 rings (SSSR count). The lowest BCUT2D eigenvalue weighted by Crippen LogP contribution is -2.29. The first-order valence-corrected chi connectivity index (χ1v) is 7.49. The SMILES string of the molecule is CC(C)c1ccc2c(c1N)N(C(C)C)c1ccccc1O2. The van der Waals surface area contributed by atoms with E-state index in [1.807, 2.05) is 24.3 Å². The summed E-state index contributed by atoms with van der Waals surface area (Å²) < 4.78 is 6.05. The smallest absolute Gasteiger partial charge is 0.153 e. The second kappa shape index (κ2) is 4.99. The molecule has 0 unspecified atom stereocenters. The molecule has 0 spiro atoms. The van der Waals surface area contributed by atoms with E-state index in [1.54, 1.807) is 0 Å². The van der Waals surface area contributed by atoms with Crippen molar-refractivity contribution in [3.63, 3.8) is 0 Å². The van der Waals surface area contributed by atoms with E-state index in [1.165, 1.54) is 5.56 Å². The normalized spacial score (nSPS) is 13.1. The minimum atomic E-state index is 0.304. The summed E-state index contributed by atoms with van der Waals surface area (Å²) in [6.07, 6.45) is 0. The van der Waals surface area contributed by atoms with Crippen molar-refractivity contribution in [3.05, 3.63) is 42.0 Å². The molecule has 2 N–H and O–H groups in total. The van der Waals surface area contributed by atoms with E-state index < -0.39 is 0 Å². The third-order valence-corrected chi connectivity index (χ3v) is 3.94. The first-order chi connectivity index (χ1) is 10.0. The summed E-state index contributed by atoms with van der Waals surface area (Å²) >= 11 is 0. The van der Waals surface area contributed by atoms with Crippen LogP contribution in [0.2, 0.25) is 0 Å². The molecular formula is C18H22N2O. The van der Waals surface area contributed by atoms with Crippen molar-refractivity contribution in [2.75, 3.05) is 10.6 Å². The molecule has 0 radical (unpaired) electrons. The summed E-state index contributed by atoms with van der Waals surface area (Å²) in [5.74, 6) is 2.11. The molecule has 2 aromatic rings. The summed E-state index contributed by atoms with van der Waals surface area (Å²) in [6, 6.07) is 12.5. The van der Waals surface area contributed by atoms with Crippen LogP contribution in [0.5, 0.6) is 11.5 Å².